The molecule has 0 saturated carbocycles. The van der Waals surface area contributed by atoms with Gasteiger partial charge in [-0.2, -0.15) is 0 Å². The molecule has 1 N–H and O–H groups in total. The van der Waals surface area contributed by atoms with Gasteiger partial charge >= 0.3 is 5.97 Å². The molecule has 0 unspecified atom stereocenters. The molecule has 0 saturated heterocycles. The van der Waals surface area contributed by atoms with Crippen LogP contribution in [0.5, 0.6) is 0 Å². The average Bonchev–Trinajstić information content (AvgIpc) is 2.48. The predicted octanol–water partition coefficient (Wildman–Crippen LogP) is -0.0403. The van der Waals surface area contributed by atoms with Crippen LogP contribution in [0.1, 0.15) is 10.5 Å². The number of aromatic carboxylic acids is 1. The number of nitrogens with zero attached hydrogens (tertiary/aromatic N) is 4. The highest BCUT2D eigenvalue weighted by Gasteiger charge is 2.07. The quantitative estimate of drug-likeness (QED) is 0.771. The molecule has 80 valence electrons. The summed E-state index contributed by atoms with van der Waals surface area (Å²) in [5.74, 6) is -1.05. The summed E-state index contributed by atoms with van der Waals surface area (Å²) < 4.78 is 1.52. The maximum absolute atomic E-state index is 10.4. The lowest BCUT2D eigenvalue weighted by molar-refractivity contribution is 0.0690. The molecule has 7 heteroatoms. The monoisotopic (exact) mass is 220 g/mol. The molecule has 0 bridgehead atoms. The maximum Gasteiger partial charge on any atom is 0.358 e. The van der Waals surface area contributed by atoms with E-state index < -0.39 is 5.97 Å². The second-order valence-corrected chi connectivity index (χ2v) is 2.98. The smallest absolute Gasteiger partial charge is 0.358 e. The molecule has 1 aromatic rings. The zero-order valence-corrected chi connectivity index (χ0v) is 8.86. The van der Waals surface area contributed by atoms with E-state index in [1.165, 1.54) is 10.9 Å². The molecule has 6 nitrogen and oxygen atoms in total. The van der Waals surface area contributed by atoms with E-state index in [1.807, 2.05) is 19.0 Å². The minimum Gasteiger partial charge on any atom is -0.476 e. The Morgan fingerprint density at radius 3 is 2.71 bits per heavy atom. The average molecular weight is 221 g/mol. The third kappa shape index (κ3) is 3.71. The van der Waals surface area contributed by atoms with Crippen LogP contribution < -0.4 is 0 Å². The fourth-order valence-corrected chi connectivity index (χ4v) is 0.808. The van der Waals surface area contributed by atoms with E-state index in [0.717, 1.165) is 6.54 Å². The van der Waals surface area contributed by atoms with Gasteiger partial charge in [-0.15, -0.1) is 17.5 Å². The van der Waals surface area contributed by atoms with Crippen LogP contribution >= 0.6 is 12.4 Å². The molecule has 1 heterocycles. The summed E-state index contributed by atoms with van der Waals surface area (Å²) >= 11 is 0. The lowest BCUT2D eigenvalue weighted by Crippen LogP contribution is -2.18. The third-order valence-electron chi connectivity index (χ3n) is 1.53. The van der Waals surface area contributed by atoms with Gasteiger partial charge in [-0.05, 0) is 14.1 Å². The summed E-state index contributed by atoms with van der Waals surface area (Å²) in [6.45, 7) is 1.45. The Morgan fingerprint density at radius 2 is 2.29 bits per heavy atom. The van der Waals surface area contributed by atoms with Gasteiger partial charge in [0.1, 0.15) is 0 Å². The Bertz CT molecular complexity index is 300. The molecule has 0 aliphatic heterocycles. The van der Waals surface area contributed by atoms with Gasteiger partial charge in [0, 0.05) is 6.54 Å². The van der Waals surface area contributed by atoms with E-state index >= 15 is 0 Å². The highest BCUT2D eigenvalue weighted by atomic mass is 35.5. The van der Waals surface area contributed by atoms with Gasteiger partial charge in [0.2, 0.25) is 0 Å². The highest BCUT2D eigenvalue weighted by Crippen LogP contribution is 1.92. The second kappa shape index (κ2) is 5.56. The predicted molar refractivity (Wildman–Crippen MR) is 52.8 cm³/mol. The number of carbonyl (C=O) groups is 1. The Kier molecular flexibility index (Phi) is 5.11. The van der Waals surface area contributed by atoms with E-state index in [0.29, 0.717) is 6.54 Å². The van der Waals surface area contributed by atoms with Gasteiger partial charge in [-0.1, -0.05) is 5.21 Å². The van der Waals surface area contributed by atoms with Crippen molar-refractivity contribution >= 4 is 18.4 Å². The second-order valence-electron chi connectivity index (χ2n) is 2.98. The number of hydrogen-bond donors (Lipinski definition) is 1. The molecule has 0 fully saturated rings. The van der Waals surface area contributed by atoms with Crippen LogP contribution in [0.2, 0.25) is 0 Å². The molecule has 0 atom stereocenters. The van der Waals surface area contributed by atoms with Crippen LogP contribution in [0.4, 0.5) is 0 Å². The fraction of sp³-hybridized carbons (Fsp3) is 0.571. The van der Waals surface area contributed by atoms with E-state index in [1.54, 1.807) is 0 Å². The normalized spacial score (nSPS) is 9.93. The summed E-state index contributed by atoms with van der Waals surface area (Å²) in [5.41, 5.74) is -0.0150. The molecule has 0 aliphatic rings. The van der Waals surface area contributed by atoms with E-state index in [4.69, 9.17) is 5.11 Å². The van der Waals surface area contributed by atoms with Crippen LogP contribution in [0.25, 0.3) is 0 Å². The highest BCUT2D eigenvalue weighted by molar-refractivity contribution is 5.85. The summed E-state index contributed by atoms with van der Waals surface area (Å²) in [7, 11) is 3.88. The minimum absolute atomic E-state index is 0. The summed E-state index contributed by atoms with van der Waals surface area (Å²) in [6, 6.07) is 0. The third-order valence-corrected chi connectivity index (χ3v) is 1.53. The van der Waals surface area contributed by atoms with Crippen LogP contribution in [-0.2, 0) is 6.54 Å². The van der Waals surface area contributed by atoms with Crippen molar-refractivity contribution < 1.29 is 9.90 Å². The number of halogens is 1. The van der Waals surface area contributed by atoms with Crippen molar-refractivity contribution in [1.82, 2.24) is 19.9 Å². The largest absolute Gasteiger partial charge is 0.476 e. The van der Waals surface area contributed by atoms with Crippen molar-refractivity contribution in [3.05, 3.63) is 11.9 Å². The molecule has 0 radical (unpaired) electrons. The van der Waals surface area contributed by atoms with Crippen molar-refractivity contribution in [2.24, 2.45) is 0 Å². The Balaban J connectivity index is 0.00000169. The first-order chi connectivity index (χ1) is 6.09. The number of carboxylic acid groups (broad SMARTS) is 1. The molecule has 0 spiro atoms. The molecule has 0 aromatic carbocycles. The van der Waals surface area contributed by atoms with Crippen molar-refractivity contribution in [1.29, 1.82) is 0 Å². The summed E-state index contributed by atoms with van der Waals surface area (Å²) in [4.78, 5) is 12.4. The number of likely N-dealkylation sites (N-methyl/N-ethyl adjacent to an activating group) is 1. The molecular weight excluding hydrogens is 208 g/mol. The van der Waals surface area contributed by atoms with Gasteiger partial charge < -0.3 is 10.0 Å². The van der Waals surface area contributed by atoms with E-state index in [2.05, 4.69) is 10.3 Å². The zero-order chi connectivity index (χ0) is 9.84. The van der Waals surface area contributed by atoms with Crippen molar-refractivity contribution in [2.75, 3.05) is 20.6 Å². The Labute approximate surface area is 87.9 Å². The SMILES string of the molecule is CN(C)CCn1cc(C(=O)O)nn1.Cl. The van der Waals surface area contributed by atoms with Crippen LogP contribution in [0.15, 0.2) is 6.20 Å². The first kappa shape index (κ1) is 12.9. The van der Waals surface area contributed by atoms with Crippen LogP contribution in [0, 0.1) is 0 Å². The first-order valence-corrected chi connectivity index (χ1v) is 3.88. The van der Waals surface area contributed by atoms with Crippen molar-refractivity contribution in [2.45, 2.75) is 6.54 Å². The lowest BCUT2D eigenvalue weighted by Gasteiger charge is -2.07. The summed E-state index contributed by atoms with van der Waals surface area (Å²) in [6.07, 6.45) is 1.42. The van der Waals surface area contributed by atoms with Gasteiger partial charge in [-0.3, -0.25) is 4.68 Å². The van der Waals surface area contributed by atoms with E-state index in [-0.39, 0.29) is 18.1 Å². The topological polar surface area (TPSA) is 71.2 Å². The van der Waals surface area contributed by atoms with Gasteiger partial charge in [0.05, 0.1) is 12.7 Å². The first-order valence-electron chi connectivity index (χ1n) is 3.88. The maximum atomic E-state index is 10.4. The number of hydrogen-bond acceptors (Lipinski definition) is 4. The molecular formula is C7H13ClN4O2. The van der Waals surface area contributed by atoms with Crippen LogP contribution in [0.3, 0.4) is 0 Å². The molecule has 14 heavy (non-hydrogen) atoms. The number of aromatic nitrogens is 3. The molecule has 1 rings (SSSR count). The van der Waals surface area contributed by atoms with Gasteiger partial charge in [-0.25, -0.2) is 4.79 Å². The molecule has 0 amide bonds. The number of carboxylic acids is 1. The standard InChI is InChI=1S/C7H12N4O2.ClH/c1-10(2)3-4-11-5-6(7(12)13)8-9-11;/h5H,3-4H2,1-2H3,(H,12,13);1H. The van der Waals surface area contributed by atoms with Gasteiger partial charge in [0.25, 0.3) is 0 Å². The molecule has 0 aliphatic carbocycles. The zero-order valence-electron chi connectivity index (χ0n) is 8.04. The molecule has 1 aromatic heterocycles. The van der Waals surface area contributed by atoms with Crippen molar-refractivity contribution in [3.63, 3.8) is 0 Å². The fourth-order valence-electron chi connectivity index (χ4n) is 0.808. The lowest BCUT2D eigenvalue weighted by atomic mass is 10.5. The number of rotatable bonds is 4. The van der Waals surface area contributed by atoms with Gasteiger partial charge in [0.15, 0.2) is 5.69 Å². The van der Waals surface area contributed by atoms with E-state index in [9.17, 15) is 4.79 Å². The van der Waals surface area contributed by atoms with Crippen LogP contribution in [-0.4, -0.2) is 51.6 Å². The Morgan fingerprint density at radius 1 is 1.64 bits per heavy atom. The Hall–Kier alpha value is -1.14. The summed E-state index contributed by atoms with van der Waals surface area (Å²) in [5, 5.41) is 15.7. The van der Waals surface area contributed by atoms with Crippen molar-refractivity contribution in [3.8, 4) is 0 Å². The minimum atomic E-state index is -1.05.